The number of hydrogen-bond donors (Lipinski definition) is 2. The van der Waals surface area contributed by atoms with Crippen LogP contribution in [0.2, 0.25) is 0 Å². The molecule has 0 aromatic carbocycles. The summed E-state index contributed by atoms with van der Waals surface area (Å²) < 4.78 is 6.97. The fourth-order valence-corrected chi connectivity index (χ4v) is 6.00. The Morgan fingerprint density at radius 2 is 2.11 bits per heavy atom. The average Bonchev–Trinajstić information content (AvgIpc) is 3.47. The molecule has 4 heterocycles. The highest BCUT2D eigenvalue weighted by molar-refractivity contribution is 7.18. The maximum absolute atomic E-state index is 13.0. The van der Waals surface area contributed by atoms with Gasteiger partial charge in [0.25, 0.3) is 11.8 Å². The van der Waals surface area contributed by atoms with Gasteiger partial charge in [0.15, 0.2) is 0 Å². The van der Waals surface area contributed by atoms with Gasteiger partial charge in [-0.25, -0.2) is 4.52 Å². The molecule has 1 aliphatic heterocycles. The molecule has 1 saturated heterocycles. The number of nitrogens with two attached hydrogens (primary N) is 1. The van der Waals surface area contributed by atoms with E-state index in [0.29, 0.717) is 29.1 Å². The van der Waals surface area contributed by atoms with Gasteiger partial charge in [-0.15, -0.1) is 11.3 Å². The van der Waals surface area contributed by atoms with Crippen molar-refractivity contribution in [1.82, 2.24) is 24.8 Å². The molecule has 0 bridgehead atoms. The van der Waals surface area contributed by atoms with Gasteiger partial charge in [0.05, 0.1) is 23.0 Å². The van der Waals surface area contributed by atoms with Gasteiger partial charge in [0.2, 0.25) is 0 Å². The first-order valence-electron chi connectivity index (χ1n) is 12.0. The number of hydrogen-bond acceptors (Lipinski definition) is 7. The van der Waals surface area contributed by atoms with Crippen LogP contribution in [0.3, 0.4) is 0 Å². The predicted molar refractivity (Wildman–Crippen MR) is 137 cm³/mol. The van der Waals surface area contributed by atoms with E-state index in [1.165, 1.54) is 30.4 Å². The van der Waals surface area contributed by atoms with Gasteiger partial charge >= 0.3 is 0 Å². The number of nitrogens with one attached hydrogen (secondary N) is 1. The Hall–Kier alpha value is -2.82. The standard InChI is InChI=1S/C25H34N6O3S/c1-16-18(13-17(14-28-16)23(33)27-9-11-30-10-6-8-25(30,2)3)21-20(7-5-12-34-4)35-24-19(22(26)32)15-29-31(21)24/h13-15H,5-12H2,1-4H3,(H2,26,32)(H,27,33). The molecule has 0 aliphatic carbocycles. The van der Waals surface area contributed by atoms with Crippen LogP contribution in [0.4, 0.5) is 0 Å². The molecule has 0 atom stereocenters. The fraction of sp³-hybridized carbons (Fsp3) is 0.520. The number of aromatic nitrogens is 3. The van der Waals surface area contributed by atoms with Crippen LogP contribution in [-0.4, -0.2) is 70.2 Å². The van der Waals surface area contributed by atoms with E-state index in [2.05, 4.69) is 34.1 Å². The van der Waals surface area contributed by atoms with E-state index in [9.17, 15) is 9.59 Å². The molecule has 9 nitrogen and oxygen atoms in total. The van der Waals surface area contributed by atoms with E-state index in [4.69, 9.17) is 10.5 Å². The maximum Gasteiger partial charge on any atom is 0.253 e. The third-order valence-corrected chi connectivity index (χ3v) is 8.01. The number of carbonyl (C=O) groups excluding carboxylic acids is 2. The minimum absolute atomic E-state index is 0.151. The number of nitrogens with zero attached hydrogens (tertiary/aromatic N) is 4. The van der Waals surface area contributed by atoms with E-state index in [1.54, 1.807) is 17.8 Å². The Labute approximate surface area is 209 Å². The Morgan fingerprint density at radius 3 is 2.80 bits per heavy atom. The highest BCUT2D eigenvalue weighted by Crippen LogP contribution is 2.36. The summed E-state index contributed by atoms with van der Waals surface area (Å²) in [7, 11) is 1.67. The monoisotopic (exact) mass is 498 g/mol. The average molecular weight is 499 g/mol. The van der Waals surface area contributed by atoms with Crippen molar-refractivity contribution < 1.29 is 14.3 Å². The number of primary amides is 1. The number of fused-ring (bicyclic) bond motifs is 1. The van der Waals surface area contributed by atoms with Crippen molar-refractivity contribution in [2.75, 3.05) is 33.4 Å². The summed E-state index contributed by atoms with van der Waals surface area (Å²) in [5, 5.41) is 7.50. The van der Waals surface area contributed by atoms with Crippen molar-refractivity contribution in [2.24, 2.45) is 5.73 Å². The summed E-state index contributed by atoms with van der Waals surface area (Å²) in [6.45, 7) is 9.51. The summed E-state index contributed by atoms with van der Waals surface area (Å²) in [5.74, 6) is -0.665. The first-order chi connectivity index (χ1) is 16.7. The molecule has 3 aromatic heterocycles. The molecular weight excluding hydrogens is 464 g/mol. The van der Waals surface area contributed by atoms with Gasteiger partial charge < -0.3 is 15.8 Å². The zero-order valence-electron chi connectivity index (χ0n) is 20.9. The molecule has 4 rings (SSSR count). The van der Waals surface area contributed by atoms with E-state index < -0.39 is 5.91 Å². The molecule has 35 heavy (non-hydrogen) atoms. The smallest absolute Gasteiger partial charge is 0.253 e. The molecule has 188 valence electrons. The topological polar surface area (TPSA) is 115 Å². The predicted octanol–water partition coefficient (Wildman–Crippen LogP) is 3.05. The number of likely N-dealkylation sites (tertiary alicyclic amines) is 1. The van der Waals surface area contributed by atoms with Crippen LogP contribution in [0.25, 0.3) is 16.1 Å². The summed E-state index contributed by atoms with van der Waals surface area (Å²) in [4.78, 5) is 33.6. The minimum Gasteiger partial charge on any atom is -0.385 e. The summed E-state index contributed by atoms with van der Waals surface area (Å²) in [5.41, 5.74) is 9.07. The van der Waals surface area contributed by atoms with Crippen molar-refractivity contribution in [2.45, 2.75) is 52.0 Å². The Bertz CT molecular complexity index is 1230. The number of ether oxygens (including phenoxy) is 1. The van der Waals surface area contributed by atoms with Gasteiger partial charge in [-0.2, -0.15) is 5.10 Å². The number of carbonyl (C=O) groups is 2. The molecule has 0 saturated carbocycles. The second-order valence-electron chi connectivity index (χ2n) is 9.63. The zero-order chi connectivity index (χ0) is 25.2. The second kappa shape index (κ2) is 10.4. The molecule has 2 amide bonds. The van der Waals surface area contributed by atoms with Gasteiger partial charge in [-0.05, 0) is 59.1 Å². The molecule has 10 heteroatoms. The van der Waals surface area contributed by atoms with Crippen molar-refractivity contribution in [1.29, 1.82) is 0 Å². The first-order valence-corrected chi connectivity index (χ1v) is 12.8. The molecule has 3 N–H and O–H groups in total. The Morgan fingerprint density at radius 1 is 1.31 bits per heavy atom. The van der Waals surface area contributed by atoms with Crippen LogP contribution in [0.5, 0.6) is 0 Å². The first kappa shape index (κ1) is 25.3. The van der Waals surface area contributed by atoms with E-state index in [0.717, 1.165) is 47.8 Å². The third kappa shape index (κ3) is 5.24. The van der Waals surface area contributed by atoms with Crippen LogP contribution in [-0.2, 0) is 11.2 Å². The van der Waals surface area contributed by atoms with Crippen molar-refractivity contribution in [3.05, 3.63) is 40.2 Å². The fourth-order valence-electron chi connectivity index (χ4n) is 4.74. The number of amides is 2. The zero-order valence-corrected chi connectivity index (χ0v) is 21.7. The van der Waals surface area contributed by atoms with Crippen LogP contribution in [0.15, 0.2) is 18.5 Å². The van der Waals surface area contributed by atoms with Crippen LogP contribution >= 0.6 is 11.3 Å². The van der Waals surface area contributed by atoms with Gasteiger partial charge in [0, 0.05) is 54.7 Å². The number of methoxy groups -OCH3 is 1. The lowest BCUT2D eigenvalue weighted by atomic mass is 10.0. The molecule has 1 fully saturated rings. The lowest BCUT2D eigenvalue weighted by Gasteiger charge is -2.31. The summed E-state index contributed by atoms with van der Waals surface area (Å²) in [6.07, 6.45) is 7.04. The Balaban J connectivity index is 1.61. The third-order valence-electron chi connectivity index (χ3n) is 6.78. The van der Waals surface area contributed by atoms with Crippen LogP contribution < -0.4 is 11.1 Å². The van der Waals surface area contributed by atoms with E-state index in [-0.39, 0.29) is 11.4 Å². The lowest BCUT2D eigenvalue weighted by molar-refractivity contribution is 0.0939. The summed E-state index contributed by atoms with van der Waals surface area (Å²) >= 11 is 1.49. The lowest BCUT2D eigenvalue weighted by Crippen LogP contribution is -2.43. The van der Waals surface area contributed by atoms with E-state index >= 15 is 0 Å². The normalized spacial score (nSPS) is 15.7. The molecule has 0 spiro atoms. The van der Waals surface area contributed by atoms with E-state index in [1.807, 2.05) is 13.0 Å². The minimum atomic E-state index is -0.514. The van der Waals surface area contributed by atoms with Crippen LogP contribution in [0.1, 0.15) is 64.4 Å². The molecule has 1 aliphatic rings. The SMILES string of the molecule is COCCCc1sc2c(C(N)=O)cnn2c1-c1cc(C(=O)NCCN2CCCC2(C)C)cnc1C. The van der Waals surface area contributed by atoms with Crippen molar-refractivity contribution in [3.8, 4) is 11.3 Å². The molecule has 0 unspecified atom stereocenters. The van der Waals surface area contributed by atoms with Gasteiger partial charge in [0.1, 0.15) is 4.83 Å². The second-order valence-corrected chi connectivity index (χ2v) is 10.7. The molecular formula is C25H34N6O3S. The Kier molecular flexibility index (Phi) is 7.53. The number of pyridine rings is 1. The highest BCUT2D eigenvalue weighted by atomic mass is 32.1. The van der Waals surface area contributed by atoms with Crippen LogP contribution in [0, 0.1) is 6.92 Å². The maximum atomic E-state index is 13.0. The number of thiazole rings is 1. The number of aryl methyl sites for hydroxylation is 2. The highest BCUT2D eigenvalue weighted by Gasteiger charge is 2.31. The van der Waals surface area contributed by atoms with Gasteiger partial charge in [-0.3, -0.25) is 19.5 Å². The van der Waals surface area contributed by atoms with Crippen molar-refractivity contribution >= 4 is 28.0 Å². The largest absolute Gasteiger partial charge is 0.385 e. The van der Waals surface area contributed by atoms with Crippen molar-refractivity contribution in [3.63, 3.8) is 0 Å². The summed E-state index contributed by atoms with van der Waals surface area (Å²) in [6, 6.07) is 1.87. The van der Waals surface area contributed by atoms with Gasteiger partial charge in [-0.1, -0.05) is 0 Å². The quantitative estimate of drug-likeness (QED) is 0.415. The molecule has 3 aromatic rings. The molecule has 0 radical (unpaired) electrons. The number of rotatable bonds is 10.